The number of piperidine rings is 2. The van der Waals surface area contributed by atoms with E-state index in [2.05, 4.69) is 40.5 Å². The number of aromatic nitrogens is 3. The van der Waals surface area contributed by atoms with Crippen LogP contribution < -0.4 is 36.0 Å². The molecule has 4 aliphatic rings. The molecule has 3 aromatic rings. The molecule has 16 heteroatoms. The molecule has 0 bridgehead atoms. The largest absolute Gasteiger partial charge is 0.374 e. The van der Waals surface area contributed by atoms with Crippen molar-refractivity contribution in [2.24, 2.45) is 11.7 Å². The molecule has 4 fully saturated rings. The molecule has 0 aliphatic carbocycles. The summed E-state index contributed by atoms with van der Waals surface area (Å²) in [4.78, 5) is 38.8. The molecule has 51 heavy (non-hydrogen) atoms. The number of rotatable bonds is 9. The van der Waals surface area contributed by atoms with Gasteiger partial charge < -0.3 is 36.2 Å². The molecule has 4 aliphatic heterocycles. The van der Waals surface area contributed by atoms with Crippen LogP contribution in [0, 0.1) is 17.6 Å². The lowest BCUT2D eigenvalue weighted by molar-refractivity contribution is 0.0995. The van der Waals surface area contributed by atoms with Gasteiger partial charge in [-0.25, -0.2) is 13.6 Å². The zero-order valence-corrected chi connectivity index (χ0v) is 28.6. The maximum Gasteiger partial charge on any atom is 0.323 e. The van der Waals surface area contributed by atoms with Gasteiger partial charge in [0.15, 0.2) is 11.5 Å². The van der Waals surface area contributed by atoms with Crippen LogP contribution in [0.3, 0.4) is 0 Å². The maximum atomic E-state index is 15.5. The number of amides is 3. The van der Waals surface area contributed by atoms with Crippen LogP contribution in [0.2, 0.25) is 0 Å². The van der Waals surface area contributed by atoms with E-state index in [0.29, 0.717) is 42.8 Å². The number of urea groups is 1. The second-order valence-electron chi connectivity index (χ2n) is 13.8. The molecule has 7 rings (SSSR count). The topological polar surface area (TPSA) is 159 Å². The minimum absolute atomic E-state index is 0.0997. The van der Waals surface area contributed by atoms with Crippen LogP contribution in [0.25, 0.3) is 0 Å². The van der Waals surface area contributed by atoms with Gasteiger partial charge in [0.1, 0.15) is 17.9 Å². The van der Waals surface area contributed by atoms with Crippen molar-refractivity contribution in [2.45, 2.75) is 44.8 Å². The van der Waals surface area contributed by atoms with E-state index in [9.17, 15) is 14.7 Å². The molecule has 0 saturated carbocycles. The third-order valence-electron chi connectivity index (χ3n) is 10.4. The fraction of sp³-hybridized carbons (Fsp3) is 0.514. The molecule has 3 amide bonds. The number of anilines is 6. The van der Waals surface area contributed by atoms with Gasteiger partial charge >= 0.3 is 6.03 Å². The molecule has 1 unspecified atom stereocenters. The van der Waals surface area contributed by atoms with E-state index < -0.39 is 24.0 Å². The van der Waals surface area contributed by atoms with Gasteiger partial charge in [-0.15, -0.1) is 10.2 Å². The highest BCUT2D eigenvalue weighted by Gasteiger charge is 2.29. The third kappa shape index (κ3) is 7.91. The smallest absolute Gasteiger partial charge is 0.323 e. The van der Waals surface area contributed by atoms with Crippen molar-refractivity contribution >= 4 is 46.5 Å². The van der Waals surface area contributed by atoms with Gasteiger partial charge in [-0.3, -0.25) is 14.6 Å². The second kappa shape index (κ2) is 15.2. The summed E-state index contributed by atoms with van der Waals surface area (Å²) in [5.41, 5.74) is 7.40. The highest BCUT2D eigenvalue weighted by molar-refractivity contribution is 5.96. The first-order valence-corrected chi connectivity index (χ1v) is 17.9. The van der Waals surface area contributed by atoms with Crippen LogP contribution in [0.1, 0.15) is 49.0 Å². The zero-order valence-electron chi connectivity index (χ0n) is 28.6. The number of benzene rings is 2. The Kier molecular flexibility index (Phi) is 10.3. The van der Waals surface area contributed by atoms with E-state index >= 15 is 8.78 Å². The standard InChI is InChI=1S/C35H45F2N11O3/c36-26-20-24(39-33-31(32(38)50)42-43-34(41-33)47-11-2-1-3-12-47)4-6-28(26)46-18-16-44(17-19-46)22-23-8-13-45(14-9-23)25-5-7-29(27(37)21-25)48-15-10-30(49)40-35(48)51/h4-7,20-21,23,30,49H,1-3,8-19,22H2,(H2,38,50)(H,40,51)(H,39,41,43). The normalized spacial score (nSPS) is 20.8. The number of aliphatic hydroxyl groups excluding tert-OH is 1. The summed E-state index contributed by atoms with van der Waals surface area (Å²) in [6.45, 7) is 7.50. The summed E-state index contributed by atoms with van der Waals surface area (Å²) in [6, 6.07) is 9.40. The van der Waals surface area contributed by atoms with Gasteiger partial charge in [0.25, 0.3) is 5.91 Å². The molecular formula is C35H45F2N11O3. The van der Waals surface area contributed by atoms with Crippen molar-refractivity contribution < 1.29 is 23.5 Å². The highest BCUT2D eigenvalue weighted by Crippen LogP contribution is 2.31. The number of carbonyl (C=O) groups is 2. The number of aliphatic hydroxyl groups is 1. The van der Waals surface area contributed by atoms with Crippen LogP contribution in [0.15, 0.2) is 36.4 Å². The Balaban J connectivity index is 0.895. The number of nitrogens with one attached hydrogen (secondary N) is 2. The average Bonchev–Trinajstić information content (AvgIpc) is 3.13. The molecule has 14 nitrogen and oxygen atoms in total. The van der Waals surface area contributed by atoms with E-state index in [0.717, 1.165) is 83.6 Å². The van der Waals surface area contributed by atoms with Gasteiger partial charge in [0, 0.05) is 83.2 Å². The molecule has 0 spiro atoms. The number of piperazine rings is 1. The first-order valence-electron chi connectivity index (χ1n) is 17.9. The van der Waals surface area contributed by atoms with Crippen molar-refractivity contribution in [3.05, 3.63) is 53.7 Å². The number of carbonyl (C=O) groups excluding carboxylic acids is 2. The minimum atomic E-state index is -0.903. The summed E-state index contributed by atoms with van der Waals surface area (Å²) in [5, 5.41) is 23.2. The quantitative estimate of drug-likeness (QED) is 0.259. The van der Waals surface area contributed by atoms with Crippen molar-refractivity contribution in [1.82, 2.24) is 25.4 Å². The van der Waals surface area contributed by atoms with Gasteiger partial charge in [0.2, 0.25) is 5.95 Å². The van der Waals surface area contributed by atoms with Crippen molar-refractivity contribution in [3.8, 4) is 0 Å². The third-order valence-corrected chi connectivity index (χ3v) is 10.4. The number of nitrogens with two attached hydrogens (primary N) is 1. The average molecular weight is 706 g/mol. The molecule has 2 aromatic carbocycles. The van der Waals surface area contributed by atoms with Crippen molar-refractivity contribution in [2.75, 3.05) is 90.4 Å². The highest BCUT2D eigenvalue weighted by atomic mass is 19.1. The maximum absolute atomic E-state index is 15.5. The zero-order chi connectivity index (χ0) is 35.5. The fourth-order valence-electron chi connectivity index (χ4n) is 7.47. The molecule has 1 aromatic heterocycles. The summed E-state index contributed by atoms with van der Waals surface area (Å²) in [7, 11) is 0. The Labute approximate surface area is 295 Å². The van der Waals surface area contributed by atoms with E-state index in [1.165, 1.54) is 17.0 Å². The Hall–Kier alpha value is -4.83. The summed E-state index contributed by atoms with van der Waals surface area (Å²) < 4.78 is 30.6. The van der Waals surface area contributed by atoms with Crippen LogP contribution in [-0.4, -0.2) is 109 Å². The predicted molar refractivity (Wildman–Crippen MR) is 191 cm³/mol. The summed E-state index contributed by atoms with van der Waals surface area (Å²) in [6.07, 6.45) is 4.61. The van der Waals surface area contributed by atoms with E-state index in [4.69, 9.17) is 5.73 Å². The predicted octanol–water partition coefficient (Wildman–Crippen LogP) is 3.26. The summed E-state index contributed by atoms with van der Waals surface area (Å²) in [5.74, 6) is -0.514. The minimum Gasteiger partial charge on any atom is -0.374 e. The van der Waals surface area contributed by atoms with Crippen LogP contribution in [-0.2, 0) is 0 Å². The van der Waals surface area contributed by atoms with Crippen molar-refractivity contribution in [3.63, 3.8) is 0 Å². The van der Waals surface area contributed by atoms with Crippen LogP contribution in [0.4, 0.5) is 48.1 Å². The van der Waals surface area contributed by atoms with Gasteiger partial charge in [-0.2, -0.15) is 4.98 Å². The molecule has 0 radical (unpaired) electrons. The van der Waals surface area contributed by atoms with Gasteiger partial charge in [0.05, 0.1) is 11.4 Å². The lowest BCUT2D eigenvalue weighted by Crippen LogP contribution is -2.52. The number of halogens is 2. The number of nitrogens with zero attached hydrogens (tertiary/aromatic N) is 8. The Morgan fingerprint density at radius 2 is 1.57 bits per heavy atom. The van der Waals surface area contributed by atoms with E-state index in [1.54, 1.807) is 18.2 Å². The molecule has 5 N–H and O–H groups in total. The van der Waals surface area contributed by atoms with Crippen molar-refractivity contribution in [1.29, 1.82) is 0 Å². The molecular weight excluding hydrogens is 660 g/mol. The lowest BCUT2D eigenvalue weighted by atomic mass is 9.95. The van der Waals surface area contributed by atoms with E-state index in [-0.39, 0.29) is 29.6 Å². The lowest BCUT2D eigenvalue weighted by Gasteiger charge is -2.40. The molecule has 4 saturated heterocycles. The molecule has 272 valence electrons. The first kappa shape index (κ1) is 34.6. The SMILES string of the molecule is NC(=O)c1nnc(N2CCCCC2)nc1Nc1ccc(N2CCN(CC3CCN(c4ccc(N5CCC(O)NC5=O)c(F)c4)CC3)CC2)c(F)c1. The van der Waals surface area contributed by atoms with Gasteiger partial charge in [-0.05, 0) is 74.4 Å². The number of hydrogen-bond donors (Lipinski definition) is 4. The fourth-order valence-corrected chi connectivity index (χ4v) is 7.47. The molecule has 1 atom stereocenters. The Bertz CT molecular complexity index is 1730. The molecule has 5 heterocycles. The second-order valence-corrected chi connectivity index (χ2v) is 13.8. The Morgan fingerprint density at radius 1 is 0.843 bits per heavy atom. The van der Waals surface area contributed by atoms with Gasteiger partial charge in [-0.1, -0.05) is 0 Å². The Morgan fingerprint density at radius 3 is 2.25 bits per heavy atom. The number of hydrogen-bond acceptors (Lipinski definition) is 11. The van der Waals surface area contributed by atoms with Crippen LogP contribution >= 0.6 is 0 Å². The summed E-state index contributed by atoms with van der Waals surface area (Å²) >= 11 is 0. The monoisotopic (exact) mass is 705 g/mol. The van der Waals surface area contributed by atoms with E-state index in [1.807, 2.05) is 11.0 Å². The van der Waals surface area contributed by atoms with Crippen LogP contribution in [0.5, 0.6) is 0 Å². The number of primary amides is 1. The first-order chi connectivity index (χ1) is 24.7.